The van der Waals surface area contributed by atoms with Crippen molar-refractivity contribution in [1.82, 2.24) is 0 Å². The van der Waals surface area contributed by atoms with E-state index >= 15 is 0 Å². The number of ether oxygens (including phenoxy) is 1. The molecule has 0 amide bonds. The van der Waals surface area contributed by atoms with Gasteiger partial charge in [0.1, 0.15) is 5.75 Å². The summed E-state index contributed by atoms with van der Waals surface area (Å²) in [5.41, 5.74) is 2.19. The lowest BCUT2D eigenvalue weighted by Gasteiger charge is -2.04. The van der Waals surface area contributed by atoms with Crippen LogP contribution in [0.2, 0.25) is 5.02 Å². The Morgan fingerprint density at radius 2 is 1.79 bits per heavy atom. The maximum absolute atomic E-state index is 6.01. The summed E-state index contributed by atoms with van der Waals surface area (Å²) < 4.78 is 5.84. The van der Waals surface area contributed by atoms with Crippen LogP contribution in [0.4, 0.5) is 0 Å². The third kappa shape index (κ3) is 4.27. The molecule has 3 rings (SSSR count). The van der Waals surface area contributed by atoms with E-state index in [1.807, 2.05) is 54.8 Å². The quantitative estimate of drug-likeness (QED) is 0.365. The van der Waals surface area contributed by atoms with Crippen molar-refractivity contribution in [2.24, 2.45) is 0 Å². The van der Waals surface area contributed by atoms with E-state index in [0.29, 0.717) is 0 Å². The van der Waals surface area contributed by atoms with Gasteiger partial charge in [0.15, 0.2) is 0 Å². The molecule has 0 N–H and O–H groups in total. The van der Waals surface area contributed by atoms with Crippen LogP contribution in [0.25, 0.3) is 16.8 Å². The standard InChI is InChI=1S/C22H19ClO/c1-2-17(10-11-18-6-5-9-21(23)14-18)16-24-22-13-12-19-7-3-4-8-20(19)15-22/h3-16H,2H2,1H3. The second kappa shape index (κ2) is 7.85. The average molecular weight is 335 g/mol. The topological polar surface area (TPSA) is 9.23 Å². The molecule has 0 unspecified atom stereocenters. The van der Waals surface area contributed by atoms with Crippen LogP contribution in [0.5, 0.6) is 5.75 Å². The van der Waals surface area contributed by atoms with Crippen LogP contribution in [-0.2, 0) is 0 Å². The second-order valence-corrected chi connectivity index (χ2v) is 6.00. The fourth-order valence-electron chi connectivity index (χ4n) is 2.44. The van der Waals surface area contributed by atoms with Crippen LogP contribution in [0, 0.1) is 0 Å². The lowest BCUT2D eigenvalue weighted by atomic mass is 10.1. The molecule has 0 aromatic heterocycles. The van der Waals surface area contributed by atoms with Gasteiger partial charge in [-0.3, -0.25) is 0 Å². The number of benzene rings is 3. The Bertz CT molecular complexity index is 893. The monoisotopic (exact) mass is 334 g/mol. The van der Waals surface area contributed by atoms with Gasteiger partial charge in [0.05, 0.1) is 6.26 Å². The summed E-state index contributed by atoms with van der Waals surface area (Å²) in [6, 6.07) is 22.2. The first-order valence-electron chi connectivity index (χ1n) is 8.03. The Labute approximate surface area is 147 Å². The van der Waals surface area contributed by atoms with Crippen molar-refractivity contribution in [3.8, 4) is 5.75 Å². The van der Waals surface area contributed by atoms with Crippen LogP contribution in [0.1, 0.15) is 18.9 Å². The van der Waals surface area contributed by atoms with Gasteiger partial charge in [-0.25, -0.2) is 0 Å². The van der Waals surface area contributed by atoms with E-state index in [1.165, 1.54) is 10.8 Å². The lowest BCUT2D eigenvalue weighted by molar-refractivity contribution is 0.476. The Morgan fingerprint density at radius 3 is 2.58 bits per heavy atom. The molecule has 120 valence electrons. The van der Waals surface area contributed by atoms with E-state index in [0.717, 1.165) is 28.3 Å². The summed E-state index contributed by atoms with van der Waals surface area (Å²) in [5.74, 6) is 0.843. The molecule has 0 atom stereocenters. The molecule has 0 saturated heterocycles. The predicted molar refractivity (Wildman–Crippen MR) is 103 cm³/mol. The molecule has 0 aliphatic heterocycles. The zero-order chi connectivity index (χ0) is 16.8. The molecule has 0 radical (unpaired) electrons. The SMILES string of the molecule is CCC(C=Cc1cccc(Cl)c1)=COc1ccc2ccccc2c1. The Kier molecular flexibility index (Phi) is 5.35. The summed E-state index contributed by atoms with van der Waals surface area (Å²) in [6.07, 6.45) is 6.81. The average Bonchev–Trinajstić information content (AvgIpc) is 2.62. The molecule has 3 aromatic carbocycles. The minimum absolute atomic E-state index is 0.742. The van der Waals surface area contributed by atoms with Gasteiger partial charge in [-0.15, -0.1) is 0 Å². The number of halogens is 1. The molecule has 0 spiro atoms. The molecule has 0 aliphatic carbocycles. The maximum atomic E-state index is 6.01. The van der Waals surface area contributed by atoms with Crippen LogP contribution < -0.4 is 4.74 Å². The Balaban J connectivity index is 1.74. The maximum Gasteiger partial charge on any atom is 0.127 e. The summed E-state index contributed by atoms with van der Waals surface area (Å²) in [4.78, 5) is 0. The van der Waals surface area contributed by atoms with E-state index in [2.05, 4.69) is 37.3 Å². The van der Waals surface area contributed by atoms with Gasteiger partial charge in [-0.05, 0) is 52.6 Å². The van der Waals surface area contributed by atoms with Crippen molar-refractivity contribution in [2.75, 3.05) is 0 Å². The first kappa shape index (κ1) is 16.4. The Hall–Kier alpha value is -2.51. The first-order chi connectivity index (χ1) is 11.7. The summed E-state index contributed by atoms with van der Waals surface area (Å²) in [7, 11) is 0. The van der Waals surface area contributed by atoms with Crippen molar-refractivity contribution in [2.45, 2.75) is 13.3 Å². The van der Waals surface area contributed by atoms with E-state index in [4.69, 9.17) is 16.3 Å². The molecular formula is C22H19ClO. The number of hydrogen-bond donors (Lipinski definition) is 0. The Morgan fingerprint density at radius 1 is 0.958 bits per heavy atom. The number of rotatable bonds is 5. The first-order valence-corrected chi connectivity index (χ1v) is 8.40. The van der Waals surface area contributed by atoms with Crippen LogP contribution in [-0.4, -0.2) is 0 Å². The lowest BCUT2D eigenvalue weighted by Crippen LogP contribution is -1.86. The fourth-order valence-corrected chi connectivity index (χ4v) is 2.64. The largest absolute Gasteiger partial charge is 0.465 e. The molecule has 2 heteroatoms. The van der Waals surface area contributed by atoms with Gasteiger partial charge < -0.3 is 4.74 Å². The third-order valence-corrected chi connectivity index (χ3v) is 4.05. The van der Waals surface area contributed by atoms with Crippen LogP contribution in [0.15, 0.2) is 84.6 Å². The molecule has 0 saturated carbocycles. The van der Waals surface area contributed by atoms with Crippen molar-refractivity contribution in [3.05, 3.63) is 95.2 Å². The smallest absolute Gasteiger partial charge is 0.127 e. The van der Waals surface area contributed by atoms with Gasteiger partial charge in [0, 0.05) is 5.02 Å². The van der Waals surface area contributed by atoms with Crippen molar-refractivity contribution in [1.29, 1.82) is 0 Å². The fraction of sp³-hybridized carbons (Fsp3) is 0.0909. The van der Waals surface area contributed by atoms with Crippen molar-refractivity contribution < 1.29 is 4.74 Å². The summed E-state index contributed by atoms with van der Waals surface area (Å²) in [5, 5.41) is 3.13. The number of fused-ring (bicyclic) bond motifs is 1. The molecule has 0 bridgehead atoms. The minimum atomic E-state index is 0.742. The van der Waals surface area contributed by atoms with Crippen molar-refractivity contribution >= 4 is 28.4 Å². The molecule has 1 nitrogen and oxygen atoms in total. The van der Waals surface area contributed by atoms with E-state index in [-0.39, 0.29) is 0 Å². The molecule has 0 heterocycles. The zero-order valence-electron chi connectivity index (χ0n) is 13.6. The van der Waals surface area contributed by atoms with Gasteiger partial charge in [0.2, 0.25) is 0 Å². The summed E-state index contributed by atoms with van der Waals surface area (Å²) in [6.45, 7) is 2.11. The predicted octanol–water partition coefficient (Wildman–Crippen LogP) is 6.88. The highest BCUT2D eigenvalue weighted by atomic mass is 35.5. The number of allylic oxidation sites excluding steroid dienone is 2. The van der Waals surface area contributed by atoms with Gasteiger partial charge in [0.25, 0.3) is 0 Å². The molecule has 3 aromatic rings. The highest BCUT2D eigenvalue weighted by Crippen LogP contribution is 2.21. The minimum Gasteiger partial charge on any atom is -0.465 e. The van der Waals surface area contributed by atoms with E-state index in [1.54, 1.807) is 0 Å². The molecule has 0 aliphatic rings. The molecule has 24 heavy (non-hydrogen) atoms. The third-order valence-electron chi connectivity index (χ3n) is 3.81. The second-order valence-electron chi connectivity index (χ2n) is 5.56. The van der Waals surface area contributed by atoms with E-state index in [9.17, 15) is 0 Å². The number of hydrogen-bond acceptors (Lipinski definition) is 1. The van der Waals surface area contributed by atoms with Crippen molar-refractivity contribution in [3.63, 3.8) is 0 Å². The zero-order valence-corrected chi connectivity index (χ0v) is 14.3. The van der Waals surface area contributed by atoms with Crippen LogP contribution >= 0.6 is 11.6 Å². The van der Waals surface area contributed by atoms with E-state index < -0.39 is 0 Å². The normalized spacial score (nSPS) is 12.0. The highest BCUT2D eigenvalue weighted by Gasteiger charge is 1.97. The van der Waals surface area contributed by atoms with Crippen LogP contribution in [0.3, 0.4) is 0 Å². The van der Waals surface area contributed by atoms with Gasteiger partial charge >= 0.3 is 0 Å². The molecule has 0 fully saturated rings. The van der Waals surface area contributed by atoms with Gasteiger partial charge in [-0.1, -0.05) is 73.1 Å². The highest BCUT2D eigenvalue weighted by molar-refractivity contribution is 6.30. The molecular weight excluding hydrogens is 316 g/mol. The van der Waals surface area contributed by atoms with Gasteiger partial charge in [-0.2, -0.15) is 0 Å². The summed E-state index contributed by atoms with van der Waals surface area (Å²) >= 11 is 6.01.